The topological polar surface area (TPSA) is 50.8 Å². The van der Waals surface area contributed by atoms with Gasteiger partial charge in [-0.1, -0.05) is 49.6 Å². The number of nitrogens with zero attached hydrogens (tertiary/aromatic N) is 1. The molecule has 0 unspecified atom stereocenters. The van der Waals surface area contributed by atoms with E-state index in [0.29, 0.717) is 18.7 Å². The van der Waals surface area contributed by atoms with Crippen molar-refractivity contribution in [3.8, 4) is 0 Å². The number of hydrogen-bond acceptors (Lipinski definition) is 4. The van der Waals surface area contributed by atoms with Crippen LogP contribution in [0.4, 0.5) is 4.79 Å². The highest BCUT2D eigenvalue weighted by Gasteiger charge is 2.37. The molecule has 144 valence electrons. The molecule has 1 amide bonds. The quantitative estimate of drug-likeness (QED) is 0.753. The highest BCUT2D eigenvalue weighted by Crippen LogP contribution is 2.37. The fourth-order valence-corrected chi connectivity index (χ4v) is 4.35. The van der Waals surface area contributed by atoms with E-state index in [2.05, 4.69) is 10.2 Å². The normalized spacial score (nSPS) is 20.5. The van der Waals surface area contributed by atoms with Crippen molar-refractivity contribution in [1.82, 2.24) is 10.2 Å². The lowest BCUT2D eigenvalue weighted by Crippen LogP contribution is -2.54. The van der Waals surface area contributed by atoms with Crippen molar-refractivity contribution in [3.63, 3.8) is 0 Å². The molecular formula is C21H32N2O3. The Bertz CT molecular complexity index is 537. The third-order valence-electron chi connectivity index (χ3n) is 5.77. The summed E-state index contributed by atoms with van der Waals surface area (Å²) in [5, 5.41) is 2.91. The van der Waals surface area contributed by atoms with Crippen LogP contribution in [0.1, 0.15) is 50.5 Å². The molecule has 1 N–H and O–H groups in total. The molecule has 2 fully saturated rings. The Balaban J connectivity index is 1.39. The summed E-state index contributed by atoms with van der Waals surface area (Å²) in [5.41, 5.74) is 1.33. The standard InChI is InChI=1S/C21H32N2O3/c24-20(26-18-19-8-3-1-4-9-19)22-13-7-12-21(10-5-2-6-11-21)23-14-16-25-17-15-23/h1,3-4,8-9H,2,5-7,10-18H2,(H,22,24). The largest absolute Gasteiger partial charge is 0.445 e. The number of alkyl carbamates (subject to hydrolysis) is 1. The monoisotopic (exact) mass is 360 g/mol. The molecule has 0 spiro atoms. The van der Waals surface area contributed by atoms with Gasteiger partial charge in [-0.3, -0.25) is 4.90 Å². The number of hydrogen-bond donors (Lipinski definition) is 1. The predicted octanol–water partition coefficient (Wildman–Crippen LogP) is 3.73. The van der Waals surface area contributed by atoms with Crippen LogP contribution in [-0.4, -0.2) is 49.4 Å². The number of amides is 1. The molecule has 0 atom stereocenters. The molecule has 0 aromatic heterocycles. The lowest BCUT2D eigenvalue weighted by molar-refractivity contribution is -0.0416. The zero-order valence-electron chi connectivity index (χ0n) is 15.8. The fraction of sp³-hybridized carbons (Fsp3) is 0.667. The molecule has 5 nitrogen and oxygen atoms in total. The van der Waals surface area contributed by atoms with Crippen LogP contribution in [0.25, 0.3) is 0 Å². The number of benzene rings is 1. The average molecular weight is 360 g/mol. The molecule has 26 heavy (non-hydrogen) atoms. The molecular weight excluding hydrogens is 328 g/mol. The zero-order valence-corrected chi connectivity index (χ0v) is 15.8. The Labute approximate surface area is 157 Å². The maximum atomic E-state index is 11.9. The van der Waals surface area contributed by atoms with Crippen molar-refractivity contribution < 1.29 is 14.3 Å². The first-order chi connectivity index (χ1) is 12.8. The van der Waals surface area contributed by atoms with Crippen LogP contribution in [0.5, 0.6) is 0 Å². The molecule has 0 radical (unpaired) electrons. The molecule has 0 bridgehead atoms. The van der Waals surface area contributed by atoms with Gasteiger partial charge in [0.1, 0.15) is 6.61 Å². The van der Waals surface area contributed by atoms with E-state index in [4.69, 9.17) is 9.47 Å². The predicted molar refractivity (Wildman–Crippen MR) is 102 cm³/mol. The Morgan fingerprint density at radius 1 is 1.12 bits per heavy atom. The molecule has 1 heterocycles. The molecule has 1 aliphatic carbocycles. The van der Waals surface area contributed by atoms with Crippen LogP contribution in [0.3, 0.4) is 0 Å². The molecule has 1 aromatic rings. The maximum Gasteiger partial charge on any atom is 0.407 e. The number of morpholine rings is 1. The summed E-state index contributed by atoms with van der Waals surface area (Å²) in [6.45, 7) is 4.81. The van der Waals surface area contributed by atoms with Crippen molar-refractivity contribution in [3.05, 3.63) is 35.9 Å². The minimum atomic E-state index is -0.321. The van der Waals surface area contributed by atoms with E-state index in [1.807, 2.05) is 30.3 Å². The van der Waals surface area contributed by atoms with Crippen molar-refractivity contribution in [1.29, 1.82) is 0 Å². The van der Waals surface area contributed by atoms with Crippen molar-refractivity contribution >= 4 is 6.09 Å². The minimum absolute atomic E-state index is 0.317. The first-order valence-corrected chi connectivity index (χ1v) is 10.1. The summed E-state index contributed by atoms with van der Waals surface area (Å²) in [6.07, 6.45) is 8.39. The van der Waals surface area contributed by atoms with Gasteiger partial charge in [0, 0.05) is 25.2 Å². The first kappa shape index (κ1) is 19.2. The van der Waals surface area contributed by atoms with Gasteiger partial charge < -0.3 is 14.8 Å². The Hall–Kier alpha value is -1.59. The van der Waals surface area contributed by atoms with Gasteiger partial charge in [-0.2, -0.15) is 0 Å². The number of carbonyl (C=O) groups is 1. The van der Waals surface area contributed by atoms with E-state index in [1.165, 1.54) is 32.1 Å². The third-order valence-corrected chi connectivity index (χ3v) is 5.77. The van der Waals surface area contributed by atoms with Crippen molar-refractivity contribution in [2.24, 2.45) is 0 Å². The van der Waals surface area contributed by atoms with Gasteiger partial charge in [0.2, 0.25) is 0 Å². The summed E-state index contributed by atoms with van der Waals surface area (Å²) in [5.74, 6) is 0. The number of nitrogens with one attached hydrogen (secondary N) is 1. The Morgan fingerprint density at radius 2 is 1.85 bits per heavy atom. The van der Waals surface area contributed by atoms with Gasteiger partial charge in [-0.25, -0.2) is 4.79 Å². The van der Waals surface area contributed by atoms with Crippen LogP contribution in [0.15, 0.2) is 30.3 Å². The number of rotatable bonds is 7. The van der Waals surface area contributed by atoms with Crippen LogP contribution in [-0.2, 0) is 16.1 Å². The smallest absolute Gasteiger partial charge is 0.407 e. The van der Waals surface area contributed by atoms with Gasteiger partial charge in [0.25, 0.3) is 0 Å². The van der Waals surface area contributed by atoms with E-state index in [9.17, 15) is 4.79 Å². The highest BCUT2D eigenvalue weighted by molar-refractivity contribution is 5.67. The second-order valence-corrected chi connectivity index (χ2v) is 7.48. The second-order valence-electron chi connectivity index (χ2n) is 7.48. The summed E-state index contributed by atoms with van der Waals surface area (Å²) in [7, 11) is 0. The van der Waals surface area contributed by atoms with E-state index < -0.39 is 0 Å². The van der Waals surface area contributed by atoms with Gasteiger partial charge in [-0.15, -0.1) is 0 Å². The lowest BCUT2D eigenvalue weighted by Gasteiger charge is -2.48. The molecule has 1 aromatic carbocycles. The SMILES string of the molecule is O=C(NCCCC1(N2CCOCC2)CCCCC1)OCc1ccccc1. The van der Waals surface area contributed by atoms with E-state index in [0.717, 1.165) is 44.7 Å². The Kier molecular flexibility index (Phi) is 7.32. The van der Waals surface area contributed by atoms with E-state index in [-0.39, 0.29) is 6.09 Å². The van der Waals surface area contributed by atoms with Crippen LogP contribution in [0, 0.1) is 0 Å². The number of ether oxygens (including phenoxy) is 2. The molecule has 1 saturated carbocycles. The lowest BCUT2D eigenvalue weighted by atomic mass is 9.77. The molecule has 5 heteroatoms. The highest BCUT2D eigenvalue weighted by atomic mass is 16.5. The van der Waals surface area contributed by atoms with Gasteiger partial charge in [-0.05, 0) is 31.2 Å². The van der Waals surface area contributed by atoms with E-state index >= 15 is 0 Å². The summed E-state index contributed by atoms with van der Waals surface area (Å²) >= 11 is 0. The molecule has 2 aliphatic rings. The molecule has 3 rings (SSSR count). The van der Waals surface area contributed by atoms with Crippen LogP contribution < -0.4 is 5.32 Å². The van der Waals surface area contributed by atoms with E-state index in [1.54, 1.807) is 0 Å². The summed E-state index contributed by atoms with van der Waals surface area (Å²) in [6, 6.07) is 9.78. The van der Waals surface area contributed by atoms with Crippen molar-refractivity contribution in [2.75, 3.05) is 32.8 Å². The molecule has 1 aliphatic heterocycles. The molecule has 1 saturated heterocycles. The minimum Gasteiger partial charge on any atom is -0.445 e. The van der Waals surface area contributed by atoms with Crippen LogP contribution in [0.2, 0.25) is 0 Å². The third kappa shape index (κ3) is 5.45. The van der Waals surface area contributed by atoms with Crippen LogP contribution >= 0.6 is 0 Å². The number of carbonyl (C=O) groups excluding carboxylic acids is 1. The summed E-state index contributed by atoms with van der Waals surface area (Å²) < 4.78 is 10.8. The van der Waals surface area contributed by atoms with Crippen molar-refractivity contribution in [2.45, 2.75) is 57.1 Å². The first-order valence-electron chi connectivity index (χ1n) is 10.1. The van der Waals surface area contributed by atoms with Gasteiger partial charge in [0.05, 0.1) is 13.2 Å². The zero-order chi connectivity index (χ0) is 18.1. The maximum absolute atomic E-state index is 11.9. The average Bonchev–Trinajstić information content (AvgIpc) is 2.72. The second kappa shape index (κ2) is 9.93. The summed E-state index contributed by atoms with van der Waals surface area (Å²) in [4.78, 5) is 14.5. The van der Waals surface area contributed by atoms with Gasteiger partial charge >= 0.3 is 6.09 Å². The fourth-order valence-electron chi connectivity index (χ4n) is 4.35. The Morgan fingerprint density at radius 3 is 2.58 bits per heavy atom. The van der Waals surface area contributed by atoms with Gasteiger partial charge in [0.15, 0.2) is 0 Å².